The van der Waals surface area contributed by atoms with Gasteiger partial charge in [-0.3, -0.25) is 19.1 Å². The summed E-state index contributed by atoms with van der Waals surface area (Å²) in [6.07, 6.45) is 3.29. The molecular weight excluding hydrogens is 364 g/mol. The van der Waals surface area contributed by atoms with E-state index in [0.29, 0.717) is 33.4 Å². The van der Waals surface area contributed by atoms with E-state index in [-0.39, 0.29) is 18.1 Å². The Kier molecular flexibility index (Phi) is 5.16. The number of carboxylic acid groups (broad SMARTS) is 1. The van der Waals surface area contributed by atoms with Crippen LogP contribution in [0.2, 0.25) is 0 Å². The second-order valence-electron chi connectivity index (χ2n) is 6.29. The first-order chi connectivity index (χ1) is 13.3. The van der Waals surface area contributed by atoms with Crippen LogP contribution in [0.1, 0.15) is 35.7 Å². The van der Waals surface area contributed by atoms with Gasteiger partial charge >= 0.3 is 11.9 Å². The van der Waals surface area contributed by atoms with Gasteiger partial charge in [0.2, 0.25) is 0 Å². The molecule has 1 aromatic carbocycles. The number of ether oxygens (including phenoxy) is 1. The SMILES string of the molecule is CC(=O)OCc1cc(-c2cnc(C)nc2)cc2c(C(C)=O)nn(CC(=O)O)c12. The van der Waals surface area contributed by atoms with Crippen molar-refractivity contribution in [3.8, 4) is 11.1 Å². The van der Waals surface area contributed by atoms with Gasteiger partial charge in [0, 0.05) is 42.8 Å². The van der Waals surface area contributed by atoms with Crippen LogP contribution in [0.3, 0.4) is 0 Å². The van der Waals surface area contributed by atoms with E-state index in [1.165, 1.54) is 18.5 Å². The highest BCUT2D eigenvalue weighted by atomic mass is 16.5. The Hall–Kier alpha value is -3.62. The molecule has 0 spiro atoms. The largest absolute Gasteiger partial charge is 0.480 e. The van der Waals surface area contributed by atoms with Crippen molar-refractivity contribution in [3.63, 3.8) is 0 Å². The van der Waals surface area contributed by atoms with Crippen molar-refractivity contribution in [1.29, 1.82) is 0 Å². The normalized spacial score (nSPS) is 10.8. The molecule has 0 aliphatic carbocycles. The van der Waals surface area contributed by atoms with Gasteiger partial charge in [-0.05, 0) is 24.6 Å². The highest BCUT2D eigenvalue weighted by molar-refractivity contribution is 6.06. The second-order valence-corrected chi connectivity index (χ2v) is 6.29. The molecule has 0 amide bonds. The van der Waals surface area contributed by atoms with Gasteiger partial charge < -0.3 is 9.84 Å². The summed E-state index contributed by atoms with van der Waals surface area (Å²) in [7, 11) is 0. The lowest BCUT2D eigenvalue weighted by Gasteiger charge is -2.10. The quantitative estimate of drug-likeness (QED) is 0.508. The number of Topliss-reactive ketones (excluding diaryl/α,β-unsaturated/α-hetero) is 1. The van der Waals surface area contributed by atoms with Crippen LogP contribution in [0.15, 0.2) is 24.5 Å². The Bertz CT molecular complexity index is 1090. The fourth-order valence-electron chi connectivity index (χ4n) is 2.90. The first kappa shape index (κ1) is 19.2. The van der Waals surface area contributed by atoms with Crippen molar-refractivity contribution < 1.29 is 24.2 Å². The highest BCUT2D eigenvalue weighted by Gasteiger charge is 2.20. The Morgan fingerprint density at radius 1 is 1.11 bits per heavy atom. The smallest absolute Gasteiger partial charge is 0.325 e. The summed E-state index contributed by atoms with van der Waals surface area (Å²) in [6, 6.07) is 3.49. The van der Waals surface area contributed by atoms with Crippen LogP contribution < -0.4 is 0 Å². The summed E-state index contributed by atoms with van der Waals surface area (Å²) in [5.41, 5.74) is 2.52. The molecule has 3 rings (SSSR count). The molecule has 0 unspecified atom stereocenters. The molecule has 0 bridgehead atoms. The van der Waals surface area contributed by atoms with Crippen molar-refractivity contribution in [2.75, 3.05) is 0 Å². The molecule has 9 heteroatoms. The Morgan fingerprint density at radius 2 is 1.79 bits per heavy atom. The number of rotatable bonds is 6. The van der Waals surface area contributed by atoms with Crippen molar-refractivity contribution >= 4 is 28.6 Å². The van der Waals surface area contributed by atoms with Crippen LogP contribution >= 0.6 is 0 Å². The van der Waals surface area contributed by atoms with Crippen LogP contribution in [-0.4, -0.2) is 42.6 Å². The number of fused-ring (bicyclic) bond motifs is 1. The molecule has 9 nitrogen and oxygen atoms in total. The molecule has 0 saturated carbocycles. The van der Waals surface area contributed by atoms with Crippen LogP contribution in [0.4, 0.5) is 0 Å². The number of hydrogen-bond donors (Lipinski definition) is 1. The first-order valence-corrected chi connectivity index (χ1v) is 8.44. The summed E-state index contributed by atoms with van der Waals surface area (Å²) in [6.45, 7) is 3.90. The average Bonchev–Trinajstić information content (AvgIpc) is 2.98. The number of esters is 1. The van der Waals surface area contributed by atoms with Gasteiger partial charge in [0.15, 0.2) is 5.78 Å². The van der Waals surface area contributed by atoms with Gasteiger partial charge in [0.1, 0.15) is 24.7 Å². The maximum atomic E-state index is 12.1. The first-order valence-electron chi connectivity index (χ1n) is 8.44. The number of carboxylic acids is 1. The Labute approximate surface area is 160 Å². The molecule has 2 aromatic heterocycles. The van der Waals surface area contributed by atoms with Gasteiger partial charge in [0.05, 0.1) is 5.52 Å². The Balaban J connectivity index is 2.28. The third kappa shape index (κ3) is 3.88. The molecular formula is C19H18N4O5. The minimum absolute atomic E-state index is 0.0882. The fraction of sp³-hybridized carbons (Fsp3) is 0.263. The van der Waals surface area contributed by atoms with E-state index < -0.39 is 18.5 Å². The molecule has 0 aliphatic rings. The maximum absolute atomic E-state index is 12.1. The summed E-state index contributed by atoms with van der Waals surface area (Å²) >= 11 is 0. The number of nitrogens with zero attached hydrogens (tertiary/aromatic N) is 4. The molecule has 0 saturated heterocycles. The van der Waals surface area contributed by atoms with E-state index in [2.05, 4.69) is 15.1 Å². The number of carbonyl (C=O) groups is 3. The van der Waals surface area contributed by atoms with E-state index in [1.54, 1.807) is 31.5 Å². The monoisotopic (exact) mass is 382 g/mol. The van der Waals surface area contributed by atoms with Crippen LogP contribution in [0, 0.1) is 6.92 Å². The second kappa shape index (κ2) is 7.55. The van der Waals surface area contributed by atoms with E-state index >= 15 is 0 Å². The highest BCUT2D eigenvalue weighted by Crippen LogP contribution is 2.30. The summed E-state index contributed by atoms with van der Waals surface area (Å²) < 4.78 is 6.37. The fourth-order valence-corrected chi connectivity index (χ4v) is 2.90. The van der Waals surface area contributed by atoms with E-state index in [9.17, 15) is 19.5 Å². The molecule has 3 aromatic rings. The van der Waals surface area contributed by atoms with Crippen molar-refractivity contribution in [2.45, 2.75) is 33.9 Å². The molecule has 1 N–H and O–H groups in total. The lowest BCUT2D eigenvalue weighted by atomic mass is 10.0. The number of hydrogen-bond acceptors (Lipinski definition) is 7. The van der Waals surface area contributed by atoms with E-state index in [1.807, 2.05) is 0 Å². The van der Waals surface area contributed by atoms with E-state index in [4.69, 9.17) is 4.74 Å². The van der Waals surface area contributed by atoms with Gasteiger partial charge in [-0.25, -0.2) is 9.97 Å². The number of aryl methyl sites for hydroxylation is 1. The zero-order valence-corrected chi connectivity index (χ0v) is 15.6. The Morgan fingerprint density at radius 3 is 2.36 bits per heavy atom. The minimum atomic E-state index is -1.10. The number of benzene rings is 1. The van der Waals surface area contributed by atoms with Crippen LogP contribution in [0.5, 0.6) is 0 Å². The van der Waals surface area contributed by atoms with Gasteiger partial charge in [-0.1, -0.05) is 0 Å². The lowest BCUT2D eigenvalue weighted by Crippen LogP contribution is -2.12. The molecule has 0 atom stereocenters. The number of aromatic nitrogens is 4. The number of ketones is 1. The van der Waals surface area contributed by atoms with Crippen molar-refractivity contribution in [3.05, 3.63) is 41.6 Å². The molecule has 0 fully saturated rings. The predicted molar refractivity (Wildman–Crippen MR) is 98.6 cm³/mol. The molecule has 144 valence electrons. The van der Waals surface area contributed by atoms with Gasteiger partial charge in [-0.15, -0.1) is 0 Å². The molecule has 0 aliphatic heterocycles. The molecule has 28 heavy (non-hydrogen) atoms. The zero-order chi connectivity index (χ0) is 20.4. The van der Waals surface area contributed by atoms with Crippen molar-refractivity contribution in [1.82, 2.24) is 19.7 Å². The van der Waals surface area contributed by atoms with Crippen molar-refractivity contribution in [2.24, 2.45) is 0 Å². The summed E-state index contributed by atoms with van der Waals surface area (Å²) in [5, 5.41) is 13.9. The van der Waals surface area contributed by atoms with E-state index in [0.717, 1.165) is 0 Å². The van der Waals surface area contributed by atoms with Crippen LogP contribution in [0.25, 0.3) is 22.0 Å². The number of carbonyl (C=O) groups excluding carboxylic acids is 2. The van der Waals surface area contributed by atoms with Crippen LogP contribution in [-0.2, 0) is 27.5 Å². The van der Waals surface area contributed by atoms with Gasteiger partial charge in [-0.2, -0.15) is 5.10 Å². The zero-order valence-electron chi connectivity index (χ0n) is 15.6. The molecule has 0 radical (unpaired) electrons. The number of aliphatic carboxylic acids is 1. The topological polar surface area (TPSA) is 124 Å². The summed E-state index contributed by atoms with van der Waals surface area (Å²) in [4.78, 5) is 43.0. The predicted octanol–water partition coefficient (Wildman–Crippen LogP) is 2.15. The third-order valence-corrected chi connectivity index (χ3v) is 4.09. The molecule has 2 heterocycles. The third-order valence-electron chi connectivity index (χ3n) is 4.09. The lowest BCUT2D eigenvalue weighted by molar-refractivity contribution is -0.142. The summed E-state index contributed by atoms with van der Waals surface area (Å²) in [5.74, 6) is -1.27. The standard InChI is InChI=1S/C19H18N4O5/c1-10(24)18-16-5-13(15-6-20-11(2)21-7-15)4-14(9-28-12(3)25)19(16)23(22-18)8-17(26)27/h4-7H,8-9H2,1-3H3,(H,26,27). The van der Waals surface area contributed by atoms with Gasteiger partial charge in [0.25, 0.3) is 0 Å². The minimum Gasteiger partial charge on any atom is -0.480 e. The average molecular weight is 382 g/mol. The maximum Gasteiger partial charge on any atom is 0.325 e.